The predicted octanol–water partition coefficient (Wildman–Crippen LogP) is 2.51. The van der Waals surface area contributed by atoms with Crippen LogP contribution >= 0.6 is 0 Å². The average molecular weight is 220 g/mol. The second-order valence-electron chi connectivity index (χ2n) is 4.55. The van der Waals surface area contributed by atoms with Crippen molar-refractivity contribution in [2.75, 3.05) is 0 Å². The summed E-state index contributed by atoms with van der Waals surface area (Å²) in [5, 5.41) is 0. The molecule has 2 unspecified atom stereocenters. The number of rotatable bonds is 0. The van der Waals surface area contributed by atoms with E-state index in [2.05, 4.69) is 64.6 Å². The second-order valence-corrected chi connectivity index (χ2v) is 4.55. The van der Waals surface area contributed by atoms with Gasteiger partial charge in [-0.1, -0.05) is 48.6 Å². The van der Waals surface area contributed by atoms with Crippen LogP contribution in [0.15, 0.2) is 77.0 Å². The van der Waals surface area contributed by atoms with Crippen molar-refractivity contribution in [3.63, 3.8) is 0 Å². The highest BCUT2D eigenvalue weighted by molar-refractivity contribution is 6.00. The summed E-state index contributed by atoms with van der Waals surface area (Å²) in [6.45, 7) is 0. The van der Waals surface area contributed by atoms with Crippen LogP contribution in [0, 0.1) is 0 Å². The third-order valence-corrected chi connectivity index (χ3v) is 3.57. The summed E-state index contributed by atoms with van der Waals surface area (Å²) in [7, 11) is 0. The Morgan fingerprint density at radius 2 is 1.59 bits per heavy atom. The molecule has 0 aromatic carbocycles. The Bertz CT molecular complexity index is 576. The summed E-state index contributed by atoms with van der Waals surface area (Å²) in [6.07, 6.45) is 21.4. The quantitative estimate of drug-likeness (QED) is 0.612. The second kappa shape index (κ2) is 3.20. The Morgan fingerprint density at radius 1 is 0.882 bits per heavy atom. The van der Waals surface area contributed by atoms with Gasteiger partial charge in [-0.05, 0) is 17.2 Å². The van der Waals surface area contributed by atoms with E-state index < -0.39 is 0 Å². The fourth-order valence-electron chi connectivity index (χ4n) is 2.78. The number of hydrogen-bond donors (Lipinski definition) is 0. The summed E-state index contributed by atoms with van der Waals surface area (Å²) < 4.78 is 0. The molecule has 2 aliphatic carbocycles. The number of fused-ring (bicyclic) bond motifs is 5. The van der Waals surface area contributed by atoms with Crippen molar-refractivity contribution in [2.24, 2.45) is 4.99 Å². The smallest absolute Gasteiger partial charge is 0.130 e. The molecule has 0 bridgehead atoms. The molecule has 0 fully saturated rings. The van der Waals surface area contributed by atoms with E-state index in [1.165, 1.54) is 11.1 Å². The summed E-state index contributed by atoms with van der Waals surface area (Å²) >= 11 is 0. The Hall–Kier alpha value is -2.09. The Labute approximate surface area is 100 Å². The topological polar surface area (TPSA) is 15.6 Å². The van der Waals surface area contributed by atoms with Gasteiger partial charge in [-0.2, -0.15) is 0 Å². The Kier molecular flexibility index (Phi) is 1.69. The van der Waals surface area contributed by atoms with Crippen LogP contribution in [0.3, 0.4) is 0 Å². The van der Waals surface area contributed by atoms with Gasteiger partial charge in [0.15, 0.2) is 0 Å². The van der Waals surface area contributed by atoms with Gasteiger partial charge in [0, 0.05) is 6.20 Å². The van der Waals surface area contributed by atoms with Gasteiger partial charge < -0.3 is 4.90 Å². The molecule has 0 aromatic heterocycles. The molecule has 2 nitrogen and oxygen atoms in total. The zero-order chi connectivity index (χ0) is 11.2. The van der Waals surface area contributed by atoms with E-state index in [0.717, 1.165) is 5.84 Å². The molecule has 0 amide bonds. The van der Waals surface area contributed by atoms with Gasteiger partial charge in [0.2, 0.25) is 0 Å². The lowest BCUT2D eigenvalue weighted by Crippen LogP contribution is -2.44. The number of aliphatic imine (C=N–C) groups is 1. The predicted molar refractivity (Wildman–Crippen MR) is 69.6 cm³/mol. The normalized spacial score (nSPS) is 31.5. The molecule has 4 aliphatic rings. The van der Waals surface area contributed by atoms with E-state index in [9.17, 15) is 0 Å². The van der Waals surface area contributed by atoms with Crippen molar-refractivity contribution in [1.82, 2.24) is 4.90 Å². The molecule has 2 aliphatic heterocycles. The van der Waals surface area contributed by atoms with E-state index >= 15 is 0 Å². The zero-order valence-electron chi connectivity index (χ0n) is 9.32. The van der Waals surface area contributed by atoms with Gasteiger partial charge in [0.05, 0.1) is 12.1 Å². The van der Waals surface area contributed by atoms with Crippen molar-refractivity contribution < 1.29 is 0 Å². The van der Waals surface area contributed by atoms with Gasteiger partial charge in [-0.15, -0.1) is 0 Å². The fraction of sp³-hybridized carbons (Fsp3) is 0.133. The highest BCUT2D eigenvalue weighted by atomic mass is 15.3. The number of nitrogens with zero attached hydrogens (tertiary/aromatic N) is 2. The van der Waals surface area contributed by atoms with Crippen molar-refractivity contribution >= 4 is 5.84 Å². The molecular weight excluding hydrogens is 208 g/mol. The highest BCUT2D eigenvalue weighted by Gasteiger charge is 2.36. The fourth-order valence-corrected chi connectivity index (χ4v) is 2.78. The van der Waals surface area contributed by atoms with Crippen molar-refractivity contribution in [1.29, 1.82) is 0 Å². The largest absolute Gasteiger partial charge is 0.335 e. The van der Waals surface area contributed by atoms with Gasteiger partial charge in [0.25, 0.3) is 0 Å². The summed E-state index contributed by atoms with van der Waals surface area (Å²) in [4.78, 5) is 6.93. The van der Waals surface area contributed by atoms with Crippen LogP contribution < -0.4 is 0 Å². The number of allylic oxidation sites excluding steroid dienone is 4. The maximum Gasteiger partial charge on any atom is 0.130 e. The van der Waals surface area contributed by atoms with Gasteiger partial charge in [0.1, 0.15) is 5.84 Å². The molecule has 4 rings (SSSR count). The molecular formula is C15H12N2. The molecule has 0 spiro atoms. The third kappa shape index (κ3) is 1.18. The standard InChI is InChI=1S/C15H12N2/c1-3-7-13-11(5-1)9-15-16-10-12-6-2-4-8-14(12)17(13)15/h1-10,13-14H. The Balaban J connectivity index is 1.84. The molecule has 0 saturated heterocycles. The van der Waals surface area contributed by atoms with Gasteiger partial charge in [-0.25, -0.2) is 4.99 Å². The molecule has 82 valence electrons. The van der Waals surface area contributed by atoms with Crippen LogP contribution in [0.25, 0.3) is 0 Å². The zero-order valence-corrected chi connectivity index (χ0v) is 9.32. The van der Waals surface area contributed by atoms with Crippen molar-refractivity contribution in [3.8, 4) is 0 Å². The van der Waals surface area contributed by atoms with Crippen LogP contribution in [0.4, 0.5) is 0 Å². The van der Waals surface area contributed by atoms with Crippen molar-refractivity contribution in [3.05, 3.63) is 72.0 Å². The van der Waals surface area contributed by atoms with E-state index in [1.807, 2.05) is 6.20 Å². The first-order chi connectivity index (χ1) is 8.43. The van der Waals surface area contributed by atoms with E-state index in [-0.39, 0.29) is 0 Å². The Morgan fingerprint density at radius 3 is 2.41 bits per heavy atom. The lowest BCUT2D eigenvalue weighted by Gasteiger charge is -2.37. The number of hydrogen-bond acceptors (Lipinski definition) is 2. The maximum absolute atomic E-state index is 4.55. The summed E-state index contributed by atoms with van der Waals surface area (Å²) in [5.74, 6) is 1.08. The van der Waals surface area contributed by atoms with Gasteiger partial charge >= 0.3 is 0 Å². The lowest BCUT2D eigenvalue weighted by molar-refractivity contribution is 0.378. The maximum atomic E-state index is 4.55. The van der Waals surface area contributed by atoms with Crippen LogP contribution in [-0.2, 0) is 0 Å². The molecule has 0 aromatic rings. The molecule has 0 radical (unpaired) electrons. The summed E-state index contributed by atoms with van der Waals surface area (Å²) in [6, 6.07) is 0.686. The van der Waals surface area contributed by atoms with Crippen LogP contribution in [-0.4, -0.2) is 22.8 Å². The first-order valence-corrected chi connectivity index (χ1v) is 5.91. The van der Waals surface area contributed by atoms with Crippen LogP contribution in [0.1, 0.15) is 0 Å². The van der Waals surface area contributed by atoms with Gasteiger partial charge in [-0.3, -0.25) is 0 Å². The first-order valence-electron chi connectivity index (χ1n) is 5.91. The third-order valence-electron chi connectivity index (χ3n) is 3.57. The molecule has 0 N–H and O–H groups in total. The van der Waals surface area contributed by atoms with E-state index in [4.69, 9.17) is 0 Å². The van der Waals surface area contributed by atoms with Crippen LogP contribution in [0.5, 0.6) is 0 Å². The molecule has 0 saturated carbocycles. The summed E-state index contributed by atoms with van der Waals surface area (Å²) in [5.41, 5.74) is 2.61. The van der Waals surface area contributed by atoms with E-state index in [0.29, 0.717) is 12.1 Å². The minimum absolute atomic E-state index is 0.336. The van der Waals surface area contributed by atoms with Crippen molar-refractivity contribution in [2.45, 2.75) is 12.1 Å². The van der Waals surface area contributed by atoms with Crippen LogP contribution in [0.2, 0.25) is 0 Å². The minimum Gasteiger partial charge on any atom is -0.335 e. The number of amidine groups is 1. The average Bonchev–Trinajstić information content (AvgIpc) is 2.77. The van der Waals surface area contributed by atoms with E-state index in [1.54, 1.807) is 0 Å². The SMILES string of the molecule is C1=CC2=CN=C3C=C4C=CC=CC4N3C2C=C1. The molecule has 17 heavy (non-hydrogen) atoms. The first kappa shape index (κ1) is 8.99. The molecule has 2 heterocycles. The molecule has 2 heteroatoms. The molecule has 2 atom stereocenters. The highest BCUT2D eigenvalue weighted by Crippen LogP contribution is 2.33. The monoisotopic (exact) mass is 220 g/mol. The lowest BCUT2D eigenvalue weighted by atomic mass is 9.97. The minimum atomic E-state index is 0.336.